The zero-order valence-corrected chi connectivity index (χ0v) is 15.1. The number of carbonyl (C=O) groups is 1. The number of rotatable bonds is 3. The quantitative estimate of drug-likeness (QED) is 0.772. The summed E-state index contributed by atoms with van der Waals surface area (Å²) in [5.74, 6) is 0.447. The molecule has 1 aliphatic rings. The topological polar surface area (TPSA) is 91.8 Å². The average molecular weight is 361 g/mol. The molecule has 0 bridgehead atoms. The van der Waals surface area contributed by atoms with Gasteiger partial charge < -0.3 is 9.88 Å². The zero-order valence-electron chi connectivity index (χ0n) is 15.1. The van der Waals surface area contributed by atoms with Crippen molar-refractivity contribution in [2.24, 2.45) is 0 Å². The lowest BCUT2D eigenvalue weighted by molar-refractivity contribution is -0.117. The van der Waals surface area contributed by atoms with Gasteiger partial charge in [0, 0.05) is 36.1 Å². The van der Waals surface area contributed by atoms with Crippen molar-refractivity contribution in [2.45, 2.75) is 26.2 Å². The summed E-state index contributed by atoms with van der Waals surface area (Å²) >= 11 is 0. The highest BCUT2D eigenvalue weighted by atomic mass is 16.2. The lowest BCUT2D eigenvalue weighted by Crippen LogP contribution is -2.33. The first-order valence-electron chi connectivity index (χ1n) is 8.81. The lowest BCUT2D eigenvalue weighted by Gasteiger charge is -2.17. The number of hydrogen-bond donors (Lipinski definition) is 1. The summed E-state index contributed by atoms with van der Waals surface area (Å²) in [6.45, 7) is 4.36. The molecular weight excluding hydrogens is 342 g/mol. The van der Waals surface area contributed by atoms with Gasteiger partial charge in [-0.2, -0.15) is 0 Å². The van der Waals surface area contributed by atoms with E-state index in [1.807, 2.05) is 25.1 Å². The summed E-state index contributed by atoms with van der Waals surface area (Å²) in [5.41, 5.74) is 2.93. The Labute approximate surface area is 156 Å². The van der Waals surface area contributed by atoms with Crippen LogP contribution in [0.2, 0.25) is 0 Å². The maximum atomic E-state index is 12.9. The molecule has 4 rings (SSSR count). The Kier molecular flexibility index (Phi) is 4.27. The van der Waals surface area contributed by atoms with Crippen molar-refractivity contribution in [1.82, 2.24) is 19.9 Å². The van der Waals surface area contributed by atoms with E-state index in [-0.39, 0.29) is 23.8 Å². The Morgan fingerprint density at radius 1 is 1.22 bits per heavy atom. The first kappa shape index (κ1) is 17.1. The fraction of sp³-hybridized carbons (Fsp3) is 0.250. The Bertz CT molecular complexity index is 1060. The van der Waals surface area contributed by atoms with Crippen LogP contribution in [0.1, 0.15) is 29.8 Å². The second kappa shape index (κ2) is 6.75. The molecule has 0 saturated carbocycles. The monoisotopic (exact) mass is 361 g/mol. The number of fused-ring (bicyclic) bond motifs is 1. The normalized spacial score (nSPS) is 15.6. The number of aromatic nitrogens is 4. The summed E-state index contributed by atoms with van der Waals surface area (Å²) in [6, 6.07) is 9.11. The minimum absolute atomic E-state index is 0.00226. The van der Waals surface area contributed by atoms with Gasteiger partial charge in [0.1, 0.15) is 5.69 Å². The fourth-order valence-electron chi connectivity index (χ4n) is 3.40. The second-order valence-electron chi connectivity index (χ2n) is 6.68. The molecule has 3 aromatic rings. The van der Waals surface area contributed by atoms with Crippen LogP contribution in [0.15, 0.2) is 47.5 Å². The van der Waals surface area contributed by atoms with Crippen LogP contribution in [0.25, 0.3) is 11.5 Å². The van der Waals surface area contributed by atoms with Crippen LogP contribution in [0, 0.1) is 6.92 Å². The molecular formula is C20H19N5O2. The molecule has 1 N–H and O–H groups in total. The van der Waals surface area contributed by atoms with Gasteiger partial charge in [-0.3, -0.25) is 19.6 Å². The number of anilines is 1. The molecule has 1 aliphatic heterocycles. The minimum Gasteiger partial charge on any atom is -0.310 e. The number of amides is 1. The Hall–Kier alpha value is -3.35. The lowest BCUT2D eigenvalue weighted by atomic mass is 10.1. The molecule has 0 spiro atoms. The summed E-state index contributed by atoms with van der Waals surface area (Å²) in [5, 5.41) is 0. The van der Waals surface area contributed by atoms with Crippen LogP contribution < -0.4 is 10.5 Å². The summed E-state index contributed by atoms with van der Waals surface area (Å²) in [4.78, 5) is 43.0. The third-order valence-corrected chi connectivity index (χ3v) is 4.79. The van der Waals surface area contributed by atoms with Gasteiger partial charge in [-0.15, -0.1) is 0 Å². The van der Waals surface area contributed by atoms with Crippen molar-refractivity contribution in [3.63, 3.8) is 0 Å². The van der Waals surface area contributed by atoms with Crippen molar-refractivity contribution < 1.29 is 4.79 Å². The number of aryl methyl sites for hydroxylation is 1. The van der Waals surface area contributed by atoms with Crippen LogP contribution >= 0.6 is 0 Å². The average Bonchev–Trinajstić information content (AvgIpc) is 3.02. The highest BCUT2D eigenvalue weighted by Gasteiger charge is 2.31. The number of pyridine rings is 2. The highest BCUT2D eigenvalue weighted by Crippen LogP contribution is 2.34. The molecule has 3 aromatic heterocycles. The van der Waals surface area contributed by atoms with Crippen molar-refractivity contribution in [3.8, 4) is 11.5 Å². The van der Waals surface area contributed by atoms with E-state index in [0.29, 0.717) is 29.3 Å². The van der Waals surface area contributed by atoms with E-state index in [4.69, 9.17) is 0 Å². The van der Waals surface area contributed by atoms with Crippen LogP contribution in [-0.4, -0.2) is 32.4 Å². The van der Waals surface area contributed by atoms with Crippen molar-refractivity contribution in [2.75, 3.05) is 11.4 Å². The van der Waals surface area contributed by atoms with Crippen LogP contribution in [0.5, 0.6) is 0 Å². The smallest absolute Gasteiger partial charge is 0.255 e. The Morgan fingerprint density at radius 3 is 2.78 bits per heavy atom. The summed E-state index contributed by atoms with van der Waals surface area (Å²) < 4.78 is 0. The van der Waals surface area contributed by atoms with E-state index < -0.39 is 0 Å². The number of nitrogens with one attached hydrogen (secondary N) is 1. The maximum Gasteiger partial charge on any atom is 0.255 e. The SMILES string of the molecule is Cc1nc(-c2ccccn2)[nH]c(=O)c1CC(=O)N1CC(C)c2ncccc21. The van der Waals surface area contributed by atoms with Gasteiger partial charge in [-0.25, -0.2) is 4.98 Å². The molecule has 7 heteroatoms. The molecule has 1 amide bonds. The molecule has 0 saturated heterocycles. The standard InChI is InChI=1S/C20H19N5O2/c1-12-11-25(16-7-5-9-22-18(12)16)17(26)10-14-13(2)23-19(24-20(14)27)15-6-3-4-8-21-15/h3-9,12H,10-11H2,1-2H3,(H,23,24,27). The zero-order chi connectivity index (χ0) is 19.0. The molecule has 0 fully saturated rings. The van der Waals surface area contributed by atoms with Crippen molar-refractivity contribution in [3.05, 3.63) is 70.0 Å². The van der Waals surface area contributed by atoms with Gasteiger partial charge in [0.05, 0.1) is 17.8 Å². The minimum atomic E-state index is -0.310. The van der Waals surface area contributed by atoms with E-state index in [1.165, 1.54) is 0 Å². The number of carbonyl (C=O) groups excluding carboxylic acids is 1. The molecule has 1 atom stereocenters. The molecule has 4 heterocycles. The van der Waals surface area contributed by atoms with Crippen molar-refractivity contribution >= 4 is 11.6 Å². The number of hydrogen-bond acceptors (Lipinski definition) is 5. The molecule has 136 valence electrons. The largest absolute Gasteiger partial charge is 0.310 e. The first-order valence-corrected chi connectivity index (χ1v) is 8.81. The number of H-pyrrole nitrogens is 1. The first-order chi connectivity index (χ1) is 13.0. The number of nitrogens with zero attached hydrogens (tertiary/aromatic N) is 4. The van der Waals surface area contributed by atoms with Crippen LogP contribution in [0.3, 0.4) is 0 Å². The summed E-state index contributed by atoms with van der Waals surface area (Å²) in [7, 11) is 0. The van der Waals surface area contributed by atoms with Gasteiger partial charge in [0.15, 0.2) is 5.82 Å². The Morgan fingerprint density at radius 2 is 2.04 bits per heavy atom. The van der Waals surface area contributed by atoms with E-state index in [9.17, 15) is 9.59 Å². The van der Waals surface area contributed by atoms with Gasteiger partial charge in [0.2, 0.25) is 5.91 Å². The molecule has 27 heavy (non-hydrogen) atoms. The molecule has 7 nitrogen and oxygen atoms in total. The predicted octanol–water partition coefficient (Wildman–Crippen LogP) is 2.23. The third kappa shape index (κ3) is 3.12. The van der Waals surface area contributed by atoms with Gasteiger partial charge in [-0.05, 0) is 31.2 Å². The summed E-state index contributed by atoms with van der Waals surface area (Å²) in [6.07, 6.45) is 3.37. The predicted molar refractivity (Wildman–Crippen MR) is 102 cm³/mol. The molecule has 0 aliphatic carbocycles. The highest BCUT2D eigenvalue weighted by molar-refractivity contribution is 5.96. The van der Waals surface area contributed by atoms with E-state index in [0.717, 1.165) is 11.4 Å². The van der Waals surface area contributed by atoms with Crippen molar-refractivity contribution in [1.29, 1.82) is 0 Å². The van der Waals surface area contributed by atoms with E-state index >= 15 is 0 Å². The van der Waals surface area contributed by atoms with Gasteiger partial charge in [0.25, 0.3) is 5.56 Å². The fourth-order valence-corrected chi connectivity index (χ4v) is 3.40. The molecule has 0 aromatic carbocycles. The van der Waals surface area contributed by atoms with E-state index in [2.05, 4.69) is 19.9 Å². The second-order valence-corrected chi connectivity index (χ2v) is 6.68. The van der Waals surface area contributed by atoms with E-state index in [1.54, 1.807) is 36.4 Å². The molecule has 1 unspecified atom stereocenters. The maximum absolute atomic E-state index is 12.9. The van der Waals surface area contributed by atoms with Crippen LogP contribution in [0.4, 0.5) is 5.69 Å². The molecule has 0 radical (unpaired) electrons. The Balaban J connectivity index is 1.62. The van der Waals surface area contributed by atoms with Crippen LogP contribution in [-0.2, 0) is 11.2 Å². The van der Waals surface area contributed by atoms with Gasteiger partial charge in [-0.1, -0.05) is 13.0 Å². The van der Waals surface area contributed by atoms with Gasteiger partial charge >= 0.3 is 0 Å². The third-order valence-electron chi connectivity index (χ3n) is 4.79. The number of aromatic amines is 1.